The lowest BCUT2D eigenvalue weighted by molar-refractivity contribution is -0.153. The Morgan fingerprint density at radius 3 is 2.80 bits per heavy atom. The van der Waals surface area contributed by atoms with E-state index in [1.165, 1.54) is 0 Å². The number of carbonyl (C=O) groups is 1. The van der Waals surface area contributed by atoms with Gasteiger partial charge in [-0.2, -0.15) is 5.10 Å². The summed E-state index contributed by atoms with van der Waals surface area (Å²) in [4.78, 5) is 21.5. The predicted molar refractivity (Wildman–Crippen MR) is 112 cm³/mol. The molecule has 1 aliphatic rings. The maximum atomic E-state index is 12.3. The highest BCUT2D eigenvalue weighted by atomic mass is 16.6. The van der Waals surface area contributed by atoms with E-state index in [1.54, 1.807) is 6.33 Å². The normalized spacial score (nSPS) is 13.4. The Bertz CT molecular complexity index is 1070. The van der Waals surface area contributed by atoms with E-state index in [0.717, 1.165) is 34.2 Å². The van der Waals surface area contributed by atoms with E-state index < -0.39 is 5.60 Å². The molecule has 3 aromatic rings. The molecule has 1 aromatic carbocycles. The van der Waals surface area contributed by atoms with Gasteiger partial charge in [-0.1, -0.05) is 6.07 Å². The summed E-state index contributed by atoms with van der Waals surface area (Å²) in [5.41, 5.74) is 1.97. The number of fused-ring (bicyclic) bond motifs is 3. The van der Waals surface area contributed by atoms with Gasteiger partial charge < -0.3 is 14.0 Å². The number of imidazole rings is 1. The zero-order chi connectivity index (χ0) is 21.5. The zero-order valence-electron chi connectivity index (χ0n) is 18.0. The highest BCUT2D eigenvalue weighted by Crippen LogP contribution is 2.34. The average molecular weight is 409 g/mol. The van der Waals surface area contributed by atoms with Gasteiger partial charge in [-0.25, -0.2) is 14.6 Å². The molecule has 2 aromatic heterocycles. The van der Waals surface area contributed by atoms with Crippen molar-refractivity contribution >= 4 is 5.97 Å². The molecule has 4 rings (SSSR count). The summed E-state index contributed by atoms with van der Waals surface area (Å²) in [6.07, 6.45) is 3.73. The SMILES string of the molecule is CC(C)n1ncnc1-c1cn2c(n1)-c1cc(CC(=O)OC(C)(C)C)ccc1OCC2. The molecule has 0 aliphatic carbocycles. The number of ether oxygens (including phenoxy) is 2. The van der Waals surface area contributed by atoms with Crippen LogP contribution < -0.4 is 4.74 Å². The van der Waals surface area contributed by atoms with Gasteiger partial charge in [0, 0.05) is 12.2 Å². The summed E-state index contributed by atoms with van der Waals surface area (Å²) in [5, 5.41) is 4.32. The van der Waals surface area contributed by atoms with E-state index >= 15 is 0 Å². The van der Waals surface area contributed by atoms with E-state index in [-0.39, 0.29) is 18.4 Å². The Labute approximate surface area is 175 Å². The van der Waals surface area contributed by atoms with Gasteiger partial charge in [0.1, 0.15) is 35.8 Å². The third-order valence-corrected chi connectivity index (χ3v) is 4.71. The number of hydrogen-bond acceptors (Lipinski definition) is 6. The van der Waals surface area contributed by atoms with Crippen molar-refractivity contribution in [1.82, 2.24) is 24.3 Å². The van der Waals surface area contributed by atoms with Crippen molar-refractivity contribution in [2.24, 2.45) is 0 Å². The van der Waals surface area contributed by atoms with Crippen molar-refractivity contribution in [3.05, 3.63) is 36.3 Å². The van der Waals surface area contributed by atoms with Crippen LogP contribution in [0.15, 0.2) is 30.7 Å². The first-order chi connectivity index (χ1) is 14.2. The van der Waals surface area contributed by atoms with Gasteiger partial charge in [-0.3, -0.25) is 4.79 Å². The Hall–Kier alpha value is -3.16. The molecular formula is C22H27N5O3. The number of esters is 1. The van der Waals surface area contributed by atoms with Crippen LogP contribution in [-0.4, -0.2) is 42.5 Å². The number of hydrogen-bond donors (Lipinski definition) is 0. The smallest absolute Gasteiger partial charge is 0.310 e. The summed E-state index contributed by atoms with van der Waals surface area (Å²) in [5.74, 6) is 2.02. The molecule has 0 unspecified atom stereocenters. The molecule has 0 bridgehead atoms. The standard InChI is InChI=1S/C22H27N5O3/c1-14(2)27-21(23-13-24-27)17-12-26-8-9-29-18-7-6-15(10-16(18)20(26)25-17)11-19(28)30-22(3,4)5/h6-7,10,12-14H,8-9,11H2,1-5H3. The van der Waals surface area contributed by atoms with Gasteiger partial charge in [0.2, 0.25) is 0 Å². The number of nitrogens with zero attached hydrogens (tertiary/aromatic N) is 5. The molecule has 0 saturated heterocycles. The molecule has 0 fully saturated rings. The highest BCUT2D eigenvalue weighted by Gasteiger charge is 2.23. The monoisotopic (exact) mass is 409 g/mol. The summed E-state index contributed by atoms with van der Waals surface area (Å²) >= 11 is 0. The molecule has 3 heterocycles. The minimum atomic E-state index is -0.511. The van der Waals surface area contributed by atoms with Gasteiger partial charge in [0.25, 0.3) is 0 Å². The summed E-state index contributed by atoms with van der Waals surface area (Å²) in [6.45, 7) is 10.9. The Balaban J connectivity index is 1.70. The van der Waals surface area contributed by atoms with Gasteiger partial charge in [0.15, 0.2) is 5.82 Å². The van der Waals surface area contributed by atoms with Crippen LogP contribution in [-0.2, 0) is 22.5 Å². The van der Waals surface area contributed by atoms with E-state index in [2.05, 4.69) is 28.5 Å². The van der Waals surface area contributed by atoms with E-state index in [9.17, 15) is 4.79 Å². The molecule has 30 heavy (non-hydrogen) atoms. The van der Waals surface area contributed by atoms with Crippen molar-refractivity contribution in [3.8, 4) is 28.7 Å². The molecule has 0 spiro atoms. The number of aromatic nitrogens is 5. The predicted octanol–water partition coefficient (Wildman–Crippen LogP) is 3.67. The van der Waals surface area contributed by atoms with Crippen molar-refractivity contribution in [3.63, 3.8) is 0 Å². The Kier molecular flexibility index (Phi) is 5.09. The minimum absolute atomic E-state index is 0.181. The third-order valence-electron chi connectivity index (χ3n) is 4.71. The van der Waals surface area contributed by atoms with Crippen LogP contribution in [0.4, 0.5) is 0 Å². The maximum absolute atomic E-state index is 12.3. The van der Waals surface area contributed by atoms with Crippen LogP contribution in [0.2, 0.25) is 0 Å². The lowest BCUT2D eigenvalue weighted by Gasteiger charge is -2.19. The quantitative estimate of drug-likeness (QED) is 0.612. The third kappa shape index (κ3) is 4.08. The number of rotatable bonds is 4. The van der Waals surface area contributed by atoms with Crippen LogP contribution in [0.3, 0.4) is 0 Å². The average Bonchev–Trinajstić information content (AvgIpc) is 3.25. The summed E-state index contributed by atoms with van der Waals surface area (Å²) < 4.78 is 15.3. The number of carbonyl (C=O) groups excluding carboxylic acids is 1. The van der Waals surface area contributed by atoms with Crippen molar-refractivity contribution in [2.45, 2.75) is 59.2 Å². The molecule has 8 heteroatoms. The topological polar surface area (TPSA) is 84.1 Å². The summed E-state index contributed by atoms with van der Waals surface area (Å²) in [7, 11) is 0. The van der Waals surface area contributed by atoms with E-state index in [1.807, 2.05) is 49.8 Å². The first-order valence-corrected chi connectivity index (χ1v) is 10.2. The van der Waals surface area contributed by atoms with Crippen LogP contribution >= 0.6 is 0 Å². The largest absolute Gasteiger partial charge is 0.491 e. The zero-order valence-corrected chi connectivity index (χ0v) is 18.0. The number of benzene rings is 1. The molecule has 0 atom stereocenters. The lowest BCUT2D eigenvalue weighted by atomic mass is 10.1. The van der Waals surface area contributed by atoms with Crippen LogP contribution in [0.1, 0.15) is 46.2 Å². The molecule has 8 nitrogen and oxygen atoms in total. The fraction of sp³-hybridized carbons (Fsp3) is 0.455. The second-order valence-electron chi connectivity index (χ2n) is 8.71. The lowest BCUT2D eigenvalue weighted by Crippen LogP contribution is -2.24. The Morgan fingerprint density at radius 2 is 2.07 bits per heavy atom. The summed E-state index contributed by atoms with van der Waals surface area (Å²) in [6, 6.07) is 5.94. The van der Waals surface area contributed by atoms with Gasteiger partial charge >= 0.3 is 5.97 Å². The van der Waals surface area contributed by atoms with Crippen molar-refractivity contribution in [2.75, 3.05) is 6.61 Å². The minimum Gasteiger partial charge on any atom is -0.491 e. The van der Waals surface area contributed by atoms with Crippen LogP contribution in [0.5, 0.6) is 5.75 Å². The molecular weight excluding hydrogens is 382 g/mol. The Morgan fingerprint density at radius 1 is 1.27 bits per heavy atom. The maximum Gasteiger partial charge on any atom is 0.310 e. The van der Waals surface area contributed by atoms with Gasteiger partial charge in [-0.05, 0) is 52.3 Å². The van der Waals surface area contributed by atoms with Crippen molar-refractivity contribution < 1.29 is 14.3 Å². The van der Waals surface area contributed by atoms with Crippen LogP contribution in [0.25, 0.3) is 22.9 Å². The van der Waals surface area contributed by atoms with E-state index in [4.69, 9.17) is 14.5 Å². The van der Waals surface area contributed by atoms with Gasteiger partial charge in [-0.15, -0.1) is 0 Å². The first-order valence-electron chi connectivity index (χ1n) is 10.2. The van der Waals surface area contributed by atoms with Crippen molar-refractivity contribution in [1.29, 1.82) is 0 Å². The molecule has 0 amide bonds. The highest BCUT2D eigenvalue weighted by molar-refractivity contribution is 5.75. The van der Waals surface area contributed by atoms with E-state index in [0.29, 0.717) is 13.2 Å². The fourth-order valence-electron chi connectivity index (χ4n) is 3.51. The molecule has 1 aliphatic heterocycles. The van der Waals surface area contributed by atoms with Gasteiger partial charge in [0.05, 0.1) is 18.5 Å². The molecule has 0 saturated carbocycles. The second-order valence-corrected chi connectivity index (χ2v) is 8.71. The molecule has 158 valence electrons. The van der Waals surface area contributed by atoms with Crippen LogP contribution in [0, 0.1) is 0 Å². The molecule has 0 N–H and O–H groups in total. The second kappa shape index (κ2) is 7.59. The first kappa shape index (κ1) is 20.1. The fourth-order valence-corrected chi connectivity index (χ4v) is 3.51. The molecule has 0 radical (unpaired) electrons.